The van der Waals surface area contributed by atoms with Crippen molar-refractivity contribution < 1.29 is 37.6 Å². The summed E-state index contributed by atoms with van der Waals surface area (Å²) in [4.78, 5) is 34.9. The van der Waals surface area contributed by atoms with Crippen molar-refractivity contribution in [2.45, 2.75) is 238 Å². The van der Waals surface area contributed by atoms with E-state index in [1.54, 1.807) is 0 Å². The van der Waals surface area contributed by atoms with Gasteiger partial charge in [-0.1, -0.05) is 206 Å². The van der Waals surface area contributed by atoms with Gasteiger partial charge in [0, 0.05) is 19.4 Å². The van der Waals surface area contributed by atoms with Gasteiger partial charge in [0.2, 0.25) is 0 Å². The predicted molar refractivity (Wildman–Crippen MR) is 220 cm³/mol. The van der Waals surface area contributed by atoms with E-state index in [0.29, 0.717) is 6.42 Å². The predicted octanol–water partition coefficient (Wildman–Crippen LogP) is 12.8. The Morgan fingerprint density at radius 2 is 0.811 bits per heavy atom. The molecule has 0 bridgehead atoms. The van der Waals surface area contributed by atoms with Gasteiger partial charge in [0.25, 0.3) is 0 Å². The monoisotopic (exact) mass is 776 g/mol. The maximum absolute atomic E-state index is 12.6. The number of esters is 2. The molecule has 0 aliphatic heterocycles. The Morgan fingerprint density at radius 3 is 1.15 bits per heavy atom. The second-order valence-electron chi connectivity index (χ2n) is 15.3. The smallest absolute Gasteiger partial charge is 0.462 e. The molecule has 0 aromatic heterocycles. The van der Waals surface area contributed by atoms with Gasteiger partial charge in [-0.05, 0) is 12.8 Å². The molecule has 0 fully saturated rings. The number of phosphoric ester groups is 1. The maximum atomic E-state index is 12.6. The zero-order valence-electron chi connectivity index (χ0n) is 34.8. The summed E-state index contributed by atoms with van der Waals surface area (Å²) in [6.45, 7) is 3.78. The van der Waals surface area contributed by atoms with Crippen LogP contribution >= 0.6 is 7.82 Å². The highest BCUT2D eigenvalue weighted by Crippen LogP contribution is 2.43. The van der Waals surface area contributed by atoms with Crippen molar-refractivity contribution in [2.75, 3.05) is 26.4 Å². The van der Waals surface area contributed by atoms with E-state index in [2.05, 4.69) is 13.8 Å². The summed E-state index contributed by atoms with van der Waals surface area (Å²) in [6.07, 6.45) is 39.8. The van der Waals surface area contributed by atoms with Gasteiger partial charge < -0.3 is 20.1 Å². The molecule has 0 aliphatic carbocycles. The van der Waals surface area contributed by atoms with Crippen LogP contribution in [0.3, 0.4) is 0 Å². The highest BCUT2D eigenvalue weighted by atomic mass is 31.2. The first-order chi connectivity index (χ1) is 25.8. The summed E-state index contributed by atoms with van der Waals surface area (Å²) in [5.74, 6) is -0.811. The van der Waals surface area contributed by atoms with Crippen molar-refractivity contribution in [3.8, 4) is 0 Å². The van der Waals surface area contributed by atoms with Crippen molar-refractivity contribution in [1.29, 1.82) is 0 Å². The van der Waals surface area contributed by atoms with Gasteiger partial charge in [-0.3, -0.25) is 18.6 Å². The fraction of sp³-hybridized carbons (Fsp3) is 0.953. The molecule has 0 spiro atoms. The van der Waals surface area contributed by atoms with Gasteiger partial charge in [-0.2, -0.15) is 0 Å². The molecule has 9 nitrogen and oxygen atoms in total. The van der Waals surface area contributed by atoms with Gasteiger partial charge in [-0.25, -0.2) is 4.57 Å². The van der Waals surface area contributed by atoms with Crippen molar-refractivity contribution in [1.82, 2.24) is 0 Å². The molecule has 0 heterocycles. The molecular formula is C43H86NO8P. The van der Waals surface area contributed by atoms with E-state index < -0.39 is 26.5 Å². The number of unbranched alkanes of at least 4 members (excludes halogenated alkanes) is 30. The largest absolute Gasteiger partial charge is 0.472 e. The molecule has 0 radical (unpaired) electrons. The van der Waals surface area contributed by atoms with Crippen molar-refractivity contribution in [3.05, 3.63) is 0 Å². The van der Waals surface area contributed by atoms with Crippen LogP contribution in [-0.2, 0) is 32.7 Å². The minimum atomic E-state index is -4.37. The second-order valence-corrected chi connectivity index (χ2v) is 16.7. The molecule has 0 rings (SSSR count). The molecule has 0 aromatic carbocycles. The van der Waals surface area contributed by atoms with Gasteiger partial charge in [0.1, 0.15) is 6.61 Å². The minimum Gasteiger partial charge on any atom is -0.462 e. The molecule has 3 N–H and O–H groups in total. The summed E-state index contributed by atoms with van der Waals surface area (Å²) < 4.78 is 32.8. The van der Waals surface area contributed by atoms with Crippen LogP contribution in [0.2, 0.25) is 0 Å². The van der Waals surface area contributed by atoms with Crippen LogP contribution in [0.15, 0.2) is 0 Å². The number of rotatable bonds is 43. The van der Waals surface area contributed by atoms with Crippen LogP contribution in [0.1, 0.15) is 232 Å². The molecule has 53 heavy (non-hydrogen) atoms. The van der Waals surface area contributed by atoms with Gasteiger partial charge in [0.05, 0.1) is 13.2 Å². The first-order valence-electron chi connectivity index (χ1n) is 22.5. The normalized spacial score (nSPS) is 13.2. The number of carbonyl (C=O) groups excluding carboxylic acids is 2. The van der Waals surface area contributed by atoms with Crippen LogP contribution < -0.4 is 5.73 Å². The number of hydrogen-bond donors (Lipinski definition) is 2. The van der Waals surface area contributed by atoms with Crippen LogP contribution in [0.4, 0.5) is 0 Å². The Balaban J connectivity index is 4.07. The number of phosphoric acid groups is 1. The first kappa shape index (κ1) is 52.0. The Morgan fingerprint density at radius 1 is 0.491 bits per heavy atom. The standard InChI is InChI=1S/C43H86NO8P/c1-3-5-7-9-11-13-15-17-19-20-21-22-24-26-28-30-32-34-36-43(46)52-41(40-51-53(47,48)50-38-37-44)39-49-42(45)35-33-31-29-27-25-23-18-16-14-12-10-8-6-4-2/h41H,3-40,44H2,1-2H3,(H,47,48). The van der Waals surface area contributed by atoms with Crippen LogP contribution in [0, 0.1) is 0 Å². The lowest BCUT2D eigenvalue weighted by atomic mass is 10.0. The SMILES string of the molecule is CCCCCCCCCCCCCCCCCCCCC(=O)OC(COC(=O)CCCCCCCCCCCCCCCC)COP(=O)(O)OCCN. The third kappa shape index (κ3) is 40.5. The molecule has 0 aliphatic rings. The summed E-state index contributed by atoms with van der Waals surface area (Å²) in [5.41, 5.74) is 5.35. The van der Waals surface area contributed by atoms with Gasteiger partial charge >= 0.3 is 19.8 Å². The Bertz CT molecular complexity index is 845. The fourth-order valence-electron chi connectivity index (χ4n) is 6.64. The molecule has 0 saturated carbocycles. The minimum absolute atomic E-state index is 0.0581. The number of hydrogen-bond acceptors (Lipinski definition) is 8. The molecular weight excluding hydrogens is 689 g/mol. The van der Waals surface area contributed by atoms with E-state index in [-0.39, 0.29) is 38.6 Å². The molecule has 10 heteroatoms. The zero-order valence-corrected chi connectivity index (χ0v) is 35.7. The third-order valence-corrected chi connectivity index (χ3v) is 11.0. The summed E-state index contributed by atoms with van der Waals surface area (Å²) in [7, 11) is -4.37. The zero-order chi connectivity index (χ0) is 38.9. The summed E-state index contributed by atoms with van der Waals surface area (Å²) in [6, 6.07) is 0. The van der Waals surface area contributed by atoms with Crippen LogP contribution in [-0.4, -0.2) is 49.3 Å². The molecule has 2 unspecified atom stereocenters. The van der Waals surface area contributed by atoms with E-state index in [9.17, 15) is 19.0 Å². The summed E-state index contributed by atoms with van der Waals surface area (Å²) >= 11 is 0. The van der Waals surface area contributed by atoms with Crippen LogP contribution in [0.5, 0.6) is 0 Å². The average Bonchev–Trinajstić information content (AvgIpc) is 3.14. The number of nitrogens with two attached hydrogens (primary N) is 1. The molecule has 0 saturated heterocycles. The highest BCUT2D eigenvalue weighted by Gasteiger charge is 2.26. The van der Waals surface area contributed by atoms with Gasteiger partial charge in [-0.15, -0.1) is 0 Å². The Hall–Kier alpha value is -0.990. The quantitative estimate of drug-likeness (QED) is 0.0352. The van der Waals surface area contributed by atoms with Crippen LogP contribution in [0.25, 0.3) is 0 Å². The molecule has 0 amide bonds. The van der Waals surface area contributed by atoms with Crippen molar-refractivity contribution in [3.63, 3.8) is 0 Å². The molecule has 0 aromatic rings. The maximum Gasteiger partial charge on any atom is 0.472 e. The van der Waals surface area contributed by atoms with Crippen molar-refractivity contribution in [2.24, 2.45) is 5.73 Å². The van der Waals surface area contributed by atoms with E-state index in [1.807, 2.05) is 0 Å². The average molecular weight is 776 g/mol. The lowest BCUT2D eigenvalue weighted by molar-refractivity contribution is -0.161. The summed E-state index contributed by atoms with van der Waals surface area (Å²) in [5, 5.41) is 0. The van der Waals surface area contributed by atoms with E-state index >= 15 is 0 Å². The van der Waals surface area contributed by atoms with E-state index in [0.717, 1.165) is 32.1 Å². The molecule has 2 atom stereocenters. The topological polar surface area (TPSA) is 134 Å². The first-order valence-corrected chi connectivity index (χ1v) is 24.0. The third-order valence-electron chi connectivity index (χ3n) is 9.99. The van der Waals surface area contributed by atoms with Crippen molar-refractivity contribution >= 4 is 19.8 Å². The highest BCUT2D eigenvalue weighted by molar-refractivity contribution is 7.47. The number of carbonyl (C=O) groups is 2. The Labute approximate surface area is 327 Å². The second kappa shape index (κ2) is 40.7. The lowest BCUT2D eigenvalue weighted by Gasteiger charge is -2.19. The number of ether oxygens (including phenoxy) is 2. The fourth-order valence-corrected chi connectivity index (χ4v) is 7.40. The van der Waals surface area contributed by atoms with E-state index in [4.69, 9.17) is 24.3 Å². The van der Waals surface area contributed by atoms with Gasteiger partial charge in [0.15, 0.2) is 6.10 Å². The molecule has 316 valence electrons. The van der Waals surface area contributed by atoms with E-state index in [1.165, 1.54) is 167 Å². The Kier molecular flexibility index (Phi) is 39.9. The lowest BCUT2D eigenvalue weighted by Crippen LogP contribution is -2.29.